The number of benzene rings is 1. The van der Waals surface area contributed by atoms with E-state index in [-0.39, 0.29) is 11.4 Å². The molecule has 166 valence electrons. The number of fused-ring (bicyclic) bond motifs is 1. The molecule has 5 rings (SSSR count). The first-order chi connectivity index (χ1) is 15.5. The van der Waals surface area contributed by atoms with Crippen molar-refractivity contribution in [1.82, 2.24) is 14.3 Å². The fourth-order valence-corrected chi connectivity index (χ4v) is 4.26. The van der Waals surface area contributed by atoms with Crippen LogP contribution in [-0.4, -0.2) is 47.5 Å². The molecule has 1 aliphatic carbocycles. The summed E-state index contributed by atoms with van der Waals surface area (Å²) in [7, 11) is 4.22. The van der Waals surface area contributed by atoms with Crippen LogP contribution in [0.1, 0.15) is 24.8 Å². The Hall–Kier alpha value is -3.25. The van der Waals surface area contributed by atoms with E-state index >= 15 is 0 Å². The van der Waals surface area contributed by atoms with Gasteiger partial charge in [-0.25, -0.2) is 9.37 Å². The molecule has 0 radical (unpaired) electrons. The average molecular weight is 433 g/mol. The Balaban J connectivity index is 0.00000119. The van der Waals surface area contributed by atoms with Gasteiger partial charge in [-0.05, 0) is 68.3 Å². The summed E-state index contributed by atoms with van der Waals surface area (Å²) in [5.74, 6) is 0.511. The number of halogens is 1. The first-order valence-corrected chi connectivity index (χ1v) is 10.9. The summed E-state index contributed by atoms with van der Waals surface area (Å²) in [6, 6.07) is 11.2. The minimum atomic E-state index is -0.224. The minimum absolute atomic E-state index is 0.119. The summed E-state index contributed by atoms with van der Waals surface area (Å²) in [5, 5.41) is 0. The van der Waals surface area contributed by atoms with Crippen LogP contribution >= 0.6 is 0 Å². The highest BCUT2D eigenvalue weighted by Gasteiger charge is 2.22. The normalized spacial score (nSPS) is 16.0. The lowest BCUT2D eigenvalue weighted by Crippen LogP contribution is -2.42. The third-order valence-corrected chi connectivity index (χ3v) is 6.22. The van der Waals surface area contributed by atoms with E-state index in [2.05, 4.69) is 37.1 Å². The van der Waals surface area contributed by atoms with E-state index in [0.29, 0.717) is 17.3 Å². The molecule has 0 bridgehead atoms. The molecule has 0 unspecified atom stereocenters. The molecule has 5 nitrogen and oxygen atoms in total. The van der Waals surface area contributed by atoms with Crippen molar-refractivity contribution in [3.63, 3.8) is 0 Å². The van der Waals surface area contributed by atoms with Gasteiger partial charge in [-0.15, -0.1) is 13.2 Å². The van der Waals surface area contributed by atoms with Gasteiger partial charge in [0.1, 0.15) is 17.3 Å². The van der Waals surface area contributed by atoms with Crippen molar-refractivity contribution in [2.75, 3.05) is 32.1 Å². The second-order valence-electron chi connectivity index (χ2n) is 8.41. The molecule has 1 aliphatic heterocycles. The molecule has 0 spiro atoms. The molecular weight excluding hydrogens is 403 g/mol. The van der Waals surface area contributed by atoms with E-state index < -0.39 is 0 Å². The molecule has 6 heteroatoms. The average Bonchev–Trinajstić information content (AvgIpc) is 3.65. The maximum atomic E-state index is 14.4. The highest BCUT2D eigenvalue weighted by atomic mass is 19.1. The number of anilines is 1. The molecule has 0 atom stereocenters. The molecule has 0 amide bonds. The number of nitrogens with zero attached hydrogens (tertiary/aromatic N) is 4. The first kappa shape index (κ1) is 22.0. The lowest BCUT2D eigenvalue weighted by atomic mass is 10.0. The number of piperidine rings is 1. The number of hydrogen-bond acceptors (Lipinski definition) is 4. The van der Waals surface area contributed by atoms with Crippen LogP contribution in [0.3, 0.4) is 0 Å². The quantitative estimate of drug-likeness (QED) is 0.564. The van der Waals surface area contributed by atoms with E-state index in [1.165, 1.54) is 6.07 Å². The maximum absolute atomic E-state index is 14.4. The first-order valence-electron chi connectivity index (χ1n) is 10.9. The highest BCUT2D eigenvalue weighted by Crippen LogP contribution is 2.34. The maximum Gasteiger partial charge on any atom is 0.259 e. The Morgan fingerprint density at radius 2 is 1.75 bits per heavy atom. The van der Waals surface area contributed by atoms with Gasteiger partial charge in [-0.1, -0.05) is 18.2 Å². The van der Waals surface area contributed by atoms with Gasteiger partial charge in [0.25, 0.3) is 5.56 Å². The molecule has 1 saturated heterocycles. The molecule has 2 aliphatic rings. The van der Waals surface area contributed by atoms with Gasteiger partial charge in [-0.2, -0.15) is 0 Å². The Kier molecular flexibility index (Phi) is 6.24. The Labute approximate surface area is 188 Å². The van der Waals surface area contributed by atoms with Crippen LogP contribution in [-0.2, 0) is 0 Å². The van der Waals surface area contributed by atoms with Crippen molar-refractivity contribution < 1.29 is 4.39 Å². The zero-order valence-corrected chi connectivity index (χ0v) is 18.7. The lowest BCUT2D eigenvalue weighted by molar-refractivity contribution is 0.249. The fraction of sp³-hybridized carbons (Fsp3) is 0.308. The van der Waals surface area contributed by atoms with Gasteiger partial charge in [0, 0.05) is 37.0 Å². The van der Waals surface area contributed by atoms with Crippen molar-refractivity contribution >= 4 is 17.0 Å². The van der Waals surface area contributed by atoms with Gasteiger partial charge in [-0.3, -0.25) is 9.20 Å². The molecule has 1 fully saturated rings. The standard InChI is InChI=1S/C24H25FN4O.C2H4/c1-27(2)19-9-11-28(12-10-19)23-14-24(30)29-15-18(6-8-22(29)26-23)17-5-7-20(16-3-4-16)21(25)13-17;1-2/h3,5-8,13-15,19H,4,9-12H2,1-2H3;1-2H2. The summed E-state index contributed by atoms with van der Waals surface area (Å²) in [5.41, 5.74) is 3.76. The monoisotopic (exact) mass is 432 g/mol. The Bertz CT molecular complexity index is 1220. The van der Waals surface area contributed by atoms with Crippen molar-refractivity contribution in [1.29, 1.82) is 0 Å². The zero-order chi connectivity index (χ0) is 22.8. The van der Waals surface area contributed by atoms with Crippen LogP contribution in [0, 0.1) is 5.82 Å². The van der Waals surface area contributed by atoms with Crippen LogP contribution in [0.25, 0.3) is 22.3 Å². The molecule has 3 aromatic rings. The molecule has 32 heavy (non-hydrogen) atoms. The van der Waals surface area contributed by atoms with E-state index in [0.717, 1.165) is 54.9 Å². The summed E-state index contributed by atoms with van der Waals surface area (Å²) in [6.07, 6.45) is 6.75. The number of pyridine rings is 1. The summed E-state index contributed by atoms with van der Waals surface area (Å²) >= 11 is 0. The molecule has 2 aromatic heterocycles. The second kappa shape index (κ2) is 9.09. The number of rotatable bonds is 4. The van der Waals surface area contributed by atoms with Crippen LogP contribution in [0.5, 0.6) is 0 Å². The van der Waals surface area contributed by atoms with E-state index in [4.69, 9.17) is 4.98 Å². The van der Waals surface area contributed by atoms with Gasteiger partial charge in [0.2, 0.25) is 0 Å². The lowest BCUT2D eigenvalue weighted by Gasteiger charge is -2.35. The molecule has 1 aromatic carbocycles. The van der Waals surface area contributed by atoms with E-state index in [9.17, 15) is 9.18 Å². The van der Waals surface area contributed by atoms with Crippen molar-refractivity contribution in [3.05, 3.63) is 83.6 Å². The SMILES string of the molecule is C=C.CN(C)C1CCN(c2cc(=O)n3cc(-c4ccc(C5=CC5)c(F)c4)ccc3n2)CC1. The van der Waals surface area contributed by atoms with Crippen molar-refractivity contribution in [3.8, 4) is 11.1 Å². The summed E-state index contributed by atoms with van der Waals surface area (Å²) in [6.45, 7) is 7.79. The fourth-order valence-electron chi connectivity index (χ4n) is 4.26. The van der Waals surface area contributed by atoms with E-state index in [1.54, 1.807) is 16.7 Å². The van der Waals surface area contributed by atoms with Crippen molar-refractivity contribution in [2.24, 2.45) is 0 Å². The Morgan fingerprint density at radius 3 is 2.38 bits per heavy atom. The number of hydrogen-bond donors (Lipinski definition) is 0. The molecular formula is C26H29FN4O. The highest BCUT2D eigenvalue weighted by molar-refractivity contribution is 5.79. The van der Waals surface area contributed by atoms with Crippen LogP contribution < -0.4 is 10.5 Å². The number of allylic oxidation sites excluding steroid dienone is 2. The second-order valence-corrected chi connectivity index (χ2v) is 8.41. The van der Waals surface area contributed by atoms with Crippen LogP contribution in [0.4, 0.5) is 10.2 Å². The summed E-state index contributed by atoms with van der Waals surface area (Å²) in [4.78, 5) is 22.0. The molecule has 3 heterocycles. The number of aromatic nitrogens is 2. The minimum Gasteiger partial charge on any atom is -0.356 e. The smallest absolute Gasteiger partial charge is 0.259 e. The van der Waals surface area contributed by atoms with Crippen molar-refractivity contribution in [2.45, 2.75) is 25.3 Å². The van der Waals surface area contributed by atoms with E-state index in [1.807, 2.05) is 30.3 Å². The predicted octanol–water partition coefficient (Wildman–Crippen LogP) is 4.62. The Morgan fingerprint density at radius 1 is 1.06 bits per heavy atom. The van der Waals surface area contributed by atoms with Crippen LogP contribution in [0.15, 0.2) is 66.6 Å². The molecule has 0 saturated carbocycles. The van der Waals surface area contributed by atoms with Crippen LogP contribution in [0.2, 0.25) is 0 Å². The summed E-state index contributed by atoms with van der Waals surface area (Å²) < 4.78 is 16.0. The zero-order valence-electron chi connectivity index (χ0n) is 18.7. The largest absolute Gasteiger partial charge is 0.356 e. The predicted molar refractivity (Wildman–Crippen MR) is 130 cm³/mol. The topological polar surface area (TPSA) is 40.9 Å². The molecule has 0 N–H and O–H groups in total. The van der Waals surface area contributed by atoms with Gasteiger partial charge >= 0.3 is 0 Å². The van der Waals surface area contributed by atoms with Gasteiger partial charge < -0.3 is 9.80 Å². The third-order valence-electron chi connectivity index (χ3n) is 6.22. The van der Waals surface area contributed by atoms with Gasteiger partial charge in [0.05, 0.1) is 0 Å². The third kappa shape index (κ3) is 4.36. The van der Waals surface area contributed by atoms with Gasteiger partial charge in [0.15, 0.2) is 0 Å².